The van der Waals surface area contributed by atoms with E-state index in [1.54, 1.807) is 0 Å². The van der Waals surface area contributed by atoms with Gasteiger partial charge in [0.15, 0.2) is 0 Å². The van der Waals surface area contributed by atoms with Crippen molar-refractivity contribution in [2.45, 2.75) is 58.5 Å². The maximum Gasteiger partial charge on any atom is 0.223 e. The zero-order valence-electron chi connectivity index (χ0n) is 14.5. The van der Waals surface area contributed by atoms with Crippen LogP contribution in [0, 0.1) is 0 Å². The standard InChI is InChI=1S/C18H29N5/c1-4-5-6-7-11-14-20-17-21-16(19)23(18(2,3)22-17)15-12-9-8-10-13-15/h8-10,12-13H,4-7,11,14H2,1-3H3,(H3,19,20,21,22). The number of hydrogen-bond acceptors (Lipinski definition) is 3. The molecule has 0 amide bonds. The molecule has 1 heterocycles. The van der Waals surface area contributed by atoms with Crippen molar-refractivity contribution in [2.24, 2.45) is 15.7 Å². The first kappa shape index (κ1) is 17.3. The van der Waals surface area contributed by atoms with Crippen LogP contribution in [0.3, 0.4) is 0 Å². The second kappa shape index (κ2) is 7.99. The summed E-state index contributed by atoms with van der Waals surface area (Å²) in [5.41, 5.74) is 6.85. The van der Waals surface area contributed by atoms with Crippen molar-refractivity contribution >= 4 is 17.6 Å². The van der Waals surface area contributed by atoms with Crippen LogP contribution >= 0.6 is 0 Å². The fourth-order valence-corrected chi connectivity index (χ4v) is 2.81. The zero-order chi connectivity index (χ0) is 16.7. The lowest BCUT2D eigenvalue weighted by Crippen LogP contribution is -2.64. The summed E-state index contributed by atoms with van der Waals surface area (Å²) in [6.07, 6.45) is 6.18. The molecule has 0 fully saturated rings. The van der Waals surface area contributed by atoms with Gasteiger partial charge in [-0.1, -0.05) is 50.8 Å². The number of nitrogens with zero attached hydrogens (tertiary/aromatic N) is 3. The summed E-state index contributed by atoms with van der Waals surface area (Å²) in [4.78, 5) is 11.0. The molecule has 0 aliphatic carbocycles. The van der Waals surface area contributed by atoms with Gasteiger partial charge in [-0.2, -0.15) is 4.99 Å². The van der Waals surface area contributed by atoms with Crippen molar-refractivity contribution in [3.05, 3.63) is 30.3 Å². The SMILES string of the molecule is CCCCCCCN=C1N=C(N)N(c2ccccc2)C(C)(C)N1. The highest BCUT2D eigenvalue weighted by atomic mass is 15.5. The van der Waals surface area contributed by atoms with Crippen LogP contribution in [0.1, 0.15) is 52.9 Å². The third kappa shape index (κ3) is 4.71. The molecule has 2 rings (SSSR count). The molecule has 0 bridgehead atoms. The molecule has 3 N–H and O–H groups in total. The molecule has 0 saturated heterocycles. The first-order valence-electron chi connectivity index (χ1n) is 8.56. The van der Waals surface area contributed by atoms with E-state index in [0.717, 1.165) is 18.7 Å². The molecule has 23 heavy (non-hydrogen) atoms. The Morgan fingerprint density at radius 1 is 1.13 bits per heavy atom. The number of anilines is 1. The highest BCUT2D eigenvalue weighted by Crippen LogP contribution is 2.24. The Morgan fingerprint density at radius 2 is 1.83 bits per heavy atom. The first-order valence-corrected chi connectivity index (χ1v) is 8.56. The molecule has 0 aromatic heterocycles. The van der Waals surface area contributed by atoms with E-state index in [-0.39, 0.29) is 5.66 Å². The van der Waals surface area contributed by atoms with E-state index in [9.17, 15) is 0 Å². The highest BCUT2D eigenvalue weighted by Gasteiger charge is 2.34. The van der Waals surface area contributed by atoms with Crippen LogP contribution < -0.4 is 16.0 Å². The minimum atomic E-state index is -0.367. The number of rotatable bonds is 7. The molecular formula is C18H29N5. The van der Waals surface area contributed by atoms with Crippen molar-refractivity contribution in [3.8, 4) is 0 Å². The maximum absolute atomic E-state index is 6.20. The molecule has 1 aromatic carbocycles. The van der Waals surface area contributed by atoms with Crippen molar-refractivity contribution in [1.82, 2.24) is 5.32 Å². The third-order valence-corrected chi connectivity index (χ3v) is 3.96. The van der Waals surface area contributed by atoms with Crippen LogP contribution in [-0.2, 0) is 0 Å². The normalized spacial score (nSPS) is 18.7. The van der Waals surface area contributed by atoms with Crippen LogP contribution in [0.15, 0.2) is 40.3 Å². The van der Waals surface area contributed by atoms with Crippen LogP contribution in [0.4, 0.5) is 5.69 Å². The van der Waals surface area contributed by atoms with E-state index in [1.165, 1.54) is 25.7 Å². The zero-order valence-corrected chi connectivity index (χ0v) is 14.5. The molecule has 5 heteroatoms. The molecule has 0 saturated carbocycles. The van der Waals surface area contributed by atoms with Gasteiger partial charge in [0.2, 0.25) is 11.9 Å². The predicted molar refractivity (Wildman–Crippen MR) is 98.8 cm³/mol. The number of benzene rings is 1. The molecule has 0 spiro atoms. The molecule has 0 unspecified atom stereocenters. The number of nitrogens with one attached hydrogen (secondary N) is 1. The van der Waals surface area contributed by atoms with E-state index in [4.69, 9.17) is 5.73 Å². The average molecular weight is 315 g/mol. The Labute approximate surface area is 139 Å². The van der Waals surface area contributed by atoms with Gasteiger partial charge in [0, 0.05) is 12.2 Å². The van der Waals surface area contributed by atoms with Crippen LogP contribution in [-0.4, -0.2) is 24.1 Å². The summed E-state index contributed by atoms with van der Waals surface area (Å²) in [6.45, 7) is 7.19. The van der Waals surface area contributed by atoms with E-state index in [0.29, 0.717) is 11.9 Å². The van der Waals surface area contributed by atoms with Gasteiger partial charge in [-0.25, -0.2) is 0 Å². The second-order valence-corrected chi connectivity index (χ2v) is 6.44. The molecule has 0 atom stereocenters. The lowest BCUT2D eigenvalue weighted by molar-refractivity contribution is 0.465. The Morgan fingerprint density at radius 3 is 2.48 bits per heavy atom. The van der Waals surface area contributed by atoms with Crippen LogP contribution in [0.2, 0.25) is 0 Å². The van der Waals surface area contributed by atoms with Crippen molar-refractivity contribution in [2.75, 3.05) is 11.4 Å². The van der Waals surface area contributed by atoms with Crippen LogP contribution in [0.25, 0.3) is 0 Å². The molecular weight excluding hydrogens is 286 g/mol. The van der Waals surface area contributed by atoms with Gasteiger partial charge in [0.05, 0.1) is 0 Å². The Hall–Kier alpha value is -2.04. The number of nitrogens with two attached hydrogens (primary N) is 1. The lowest BCUT2D eigenvalue weighted by atomic mass is 10.1. The Balaban J connectivity index is 2.03. The second-order valence-electron chi connectivity index (χ2n) is 6.44. The quantitative estimate of drug-likeness (QED) is 0.757. The van der Waals surface area contributed by atoms with Gasteiger partial charge >= 0.3 is 0 Å². The summed E-state index contributed by atoms with van der Waals surface area (Å²) in [5.74, 6) is 1.11. The van der Waals surface area contributed by atoms with Gasteiger partial charge < -0.3 is 11.1 Å². The minimum Gasteiger partial charge on any atom is -0.369 e. The molecule has 1 aromatic rings. The van der Waals surface area contributed by atoms with E-state index >= 15 is 0 Å². The summed E-state index contributed by atoms with van der Waals surface area (Å²) in [5, 5.41) is 3.38. The summed E-state index contributed by atoms with van der Waals surface area (Å²) < 4.78 is 0. The maximum atomic E-state index is 6.20. The Bertz CT molecular complexity index is 548. The average Bonchev–Trinajstić information content (AvgIpc) is 2.50. The van der Waals surface area contributed by atoms with Gasteiger partial charge in [0.25, 0.3) is 0 Å². The van der Waals surface area contributed by atoms with Crippen molar-refractivity contribution in [1.29, 1.82) is 0 Å². The highest BCUT2D eigenvalue weighted by molar-refractivity contribution is 6.06. The van der Waals surface area contributed by atoms with Crippen molar-refractivity contribution in [3.63, 3.8) is 0 Å². The topological polar surface area (TPSA) is 66.0 Å². The molecule has 0 radical (unpaired) electrons. The molecule has 5 nitrogen and oxygen atoms in total. The third-order valence-electron chi connectivity index (χ3n) is 3.96. The largest absolute Gasteiger partial charge is 0.369 e. The van der Waals surface area contributed by atoms with E-state index < -0.39 is 0 Å². The van der Waals surface area contributed by atoms with Gasteiger partial charge in [0.1, 0.15) is 5.66 Å². The smallest absolute Gasteiger partial charge is 0.223 e. The monoisotopic (exact) mass is 315 g/mol. The Kier molecular flexibility index (Phi) is 6.02. The number of para-hydroxylation sites is 1. The van der Waals surface area contributed by atoms with Crippen LogP contribution in [0.5, 0.6) is 0 Å². The van der Waals surface area contributed by atoms with Gasteiger partial charge in [-0.3, -0.25) is 9.89 Å². The summed E-state index contributed by atoms with van der Waals surface area (Å²) in [7, 11) is 0. The lowest BCUT2D eigenvalue weighted by Gasteiger charge is -2.43. The van der Waals surface area contributed by atoms with Crippen molar-refractivity contribution < 1.29 is 0 Å². The van der Waals surface area contributed by atoms with Gasteiger partial charge in [-0.05, 0) is 32.4 Å². The minimum absolute atomic E-state index is 0.367. The number of guanidine groups is 2. The van der Waals surface area contributed by atoms with Gasteiger partial charge in [-0.15, -0.1) is 0 Å². The fraction of sp³-hybridized carbons (Fsp3) is 0.556. The number of aliphatic imine (C=N–C) groups is 2. The number of unbranched alkanes of at least 4 members (excludes halogenated alkanes) is 4. The first-order chi connectivity index (χ1) is 11.0. The molecule has 1 aliphatic heterocycles. The molecule has 1 aliphatic rings. The summed E-state index contributed by atoms with van der Waals surface area (Å²) >= 11 is 0. The van der Waals surface area contributed by atoms with E-state index in [2.05, 4.69) is 36.1 Å². The summed E-state index contributed by atoms with van der Waals surface area (Å²) in [6, 6.07) is 10.0. The predicted octanol–water partition coefficient (Wildman–Crippen LogP) is 3.47. The number of hydrogen-bond donors (Lipinski definition) is 2. The molecule has 126 valence electrons. The fourth-order valence-electron chi connectivity index (χ4n) is 2.81. The van der Waals surface area contributed by atoms with E-state index in [1.807, 2.05) is 35.2 Å².